The second kappa shape index (κ2) is 6.18. The molecule has 0 aliphatic heterocycles. The van der Waals surface area contributed by atoms with Gasteiger partial charge in [-0.1, -0.05) is 6.92 Å². The summed E-state index contributed by atoms with van der Waals surface area (Å²) in [6.45, 7) is 4.81. The normalized spacial score (nSPS) is 14.2. The molecule has 2 aromatic heterocycles. The second-order valence-corrected chi connectivity index (χ2v) is 5.37. The Morgan fingerprint density at radius 1 is 1.19 bits per heavy atom. The number of hydrogen-bond donors (Lipinski definition) is 1. The van der Waals surface area contributed by atoms with Crippen LogP contribution >= 0.6 is 0 Å². The van der Waals surface area contributed by atoms with Crippen molar-refractivity contribution >= 4 is 0 Å². The molecule has 5 nitrogen and oxygen atoms in total. The van der Waals surface area contributed by atoms with Crippen molar-refractivity contribution in [3.05, 3.63) is 41.3 Å². The fraction of sp³-hybridized carbons (Fsp3) is 0.438. The van der Waals surface area contributed by atoms with E-state index in [2.05, 4.69) is 27.4 Å². The van der Waals surface area contributed by atoms with Crippen molar-refractivity contribution in [2.75, 3.05) is 0 Å². The number of nitrogens with zero attached hydrogens (tertiary/aromatic N) is 3. The molecule has 3 rings (SSSR count). The van der Waals surface area contributed by atoms with Gasteiger partial charge in [0, 0.05) is 24.3 Å². The van der Waals surface area contributed by atoms with Gasteiger partial charge in [-0.2, -0.15) is 5.10 Å². The molecule has 0 aromatic carbocycles. The molecular weight excluding hydrogens is 264 g/mol. The molecular formula is C16H20N4O. The van der Waals surface area contributed by atoms with E-state index in [1.807, 2.05) is 31.2 Å². The minimum Gasteiger partial charge on any atom is -0.436 e. The van der Waals surface area contributed by atoms with Crippen molar-refractivity contribution in [3.8, 4) is 11.6 Å². The Hall–Kier alpha value is -2.01. The van der Waals surface area contributed by atoms with Gasteiger partial charge >= 0.3 is 0 Å². The van der Waals surface area contributed by atoms with Crippen LogP contribution in [0.1, 0.15) is 36.8 Å². The first-order valence-corrected chi connectivity index (χ1v) is 7.45. The lowest BCUT2D eigenvalue weighted by Crippen LogP contribution is -2.16. The summed E-state index contributed by atoms with van der Waals surface area (Å²) < 4.78 is 5.79. The van der Waals surface area contributed by atoms with Crippen LogP contribution < -0.4 is 10.1 Å². The van der Waals surface area contributed by atoms with Gasteiger partial charge in [0.15, 0.2) is 5.75 Å². The first-order valence-electron chi connectivity index (χ1n) is 7.45. The van der Waals surface area contributed by atoms with Gasteiger partial charge in [-0.05, 0) is 44.4 Å². The van der Waals surface area contributed by atoms with Gasteiger partial charge in [0.1, 0.15) is 0 Å². The lowest BCUT2D eigenvalue weighted by molar-refractivity contribution is 0.445. The summed E-state index contributed by atoms with van der Waals surface area (Å²) in [5.41, 5.74) is 2.87. The Morgan fingerprint density at radius 3 is 2.71 bits per heavy atom. The topological polar surface area (TPSA) is 59.9 Å². The third-order valence-electron chi connectivity index (χ3n) is 3.47. The summed E-state index contributed by atoms with van der Waals surface area (Å²) in [4.78, 5) is 4.48. The molecule has 110 valence electrons. The van der Waals surface area contributed by atoms with E-state index in [0.29, 0.717) is 11.9 Å². The Morgan fingerprint density at radius 2 is 2.05 bits per heavy atom. The van der Waals surface area contributed by atoms with Crippen molar-refractivity contribution in [2.24, 2.45) is 0 Å². The summed E-state index contributed by atoms with van der Waals surface area (Å²) in [5, 5.41) is 11.7. The maximum absolute atomic E-state index is 5.79. The van der Waals surface area contributed by atoms with Gasteiger partial charge in [0.2, 0.25) is 5.88 Å². The molecule has 0 amide bonds. The molecule has 2 aromatic rings. The molecule has 0 unspecified atom stereocenters. The second-order valence-electron chi connectivity index (χ2n) is 5.37. The zero-order valence-electron chi connectivity index (χ0n) is 12.5. The molecule has 0 spiro atoms. The van der Waals surface area contributed by atoms with Crippen molar-refractivity contribution < 1.29 is 4.74 Å². The van der Waals surface area contributed by atoms with Gasteiger partial charge in [-0.15, -0.1) is 5.10 Å². The summed E-state index contributed by atoms with van der Waals surface area (Å²) in [6, 6.07) is 8.36. The van der Waals surface area contributed by atoms with Crippen LogP contribution in [0, 0.1) is 6.92 Å². The lowest BCUT2D eigenvalue weighted by Gasteiger charge is -2.09. The van der Waals surface area contributed by atoms with E-state index < -0.39 is 0 Å². The van der Waals surface area contributed by atoms with Crippen LogP contribution in [0.2, 0.25) is 0 Å². The molecule has 21 heavy (non-hydrogen) atoms. The quantitative estimate of drug-likeness (QED) is 0.884. The number of aromatic nitrogens is 3. The monoisotopic (exact) mass is 284 g/mol. The molecule has 1 aliphatic carbocycles. The van der Waals surface area contributed by atoms with Crippen LogP contribution in [-0.4, -0.2) is 21.2 Å². The van der Waals surface area contributed by atoms with Crippen LogP contribution in [0.25, 0.3) is 0 Å². The minimum absolute atomic E-state index is 0.505. The number of ether oxygens (including phenoxy) is 1. The van der Waals surface area contributed by atoms with Crippen LogP contribution in [0.4, 0.5) is 0 Å². The van der Waals surface area contributed by atoms with E-state index in [1.165, 1.54) is 12.8 Å². The van der Waals surface area contributed by atoms with E-state index in [4.69, 9.17) is 4.74 Å². The van der Waals surface area contributed by atoms with Crippen molar-refractivity contribution in [2.45, 2.75) is 45.7 Å². The van der Waals surface area contributed by atoms with E-state index in [9.17, 15) is 0 Å². The predicted octanol–water partition coefficient (Wildman–Crippen LogP) is 2.79. The third kappa shape index (κ3) is 3.76. The highest BCUT2D eigenvalue weighted by atomic mass is 16.5. The van der Waals surface area contributed by atoms with E-state index in [0.717, 1.165) is 35.8 Å². The van der Waals surface area contributed by atoms with Crippen LogP contribution in [-0.2, 0) is 13.0 Å². The molecule has 1 aliphatic rings. The van der Waals surface area contributed by atoms with Crippen LogP contribution in [0.15, 0.2) is 24.3 Å². The fourth-order valence-electron chi connectivity index (χ4n) is 2.09. The van der Waals surface area contributed by atoms with Crippen LogP contribution in [0.5, 0.6) is 11.6 Å². The summed E-state index contributed by atoms with van der Waals surface area (Å²) in [7, 11) is 0. The molecule has 1 N–H and O–H groups in total. The molecule has 5 heteroatoms. The molecule has 2 heterocycles. The van der Waals surface area contributed by atoms with E-state index >= 15 is 0 Å². The number of hydrogen-bond acceptors (Lipinski definition) is 5. The number of aryl methyl sites for hydroxylation is 2. The average Bonchev–Trinajstić information content (AvgIpc) is 3.32. The van der Waals surface area contributed by atoms with Gasteiger partial charge in [-0.3, -0.25) is 4.98 Å². The lowest BCUT2D eigenvalue weighted by atomic mass is 10.2. The maximum Gasteiger partial charge on any atom is 0.238 e. The highest BCUT2D eigenvalue weighted by Gasteiger charge is 2.20. The maximum atomic E-state index is 5.79. The predicted molar refractivity (Wildman–Crippen MR) is 80.3 cm³/mol. The Balaban J connectivity index is 1.66. The summed E-state index contributed by atoms with van der Waals surface area (Å²) >= 11 is 0. The van der Waals surface area contributed by atoms with Crippen LogP contribution in [0.3, 0.4) is 0 Å². The highest BCUT2D eigenvalue weighted by molar-refractivity contribution is 5.32. The molecule has 0 bridgehead atoms. The SMILES string of the molecule is CCc1nc(C)ccc1Oc1ccc(CNC2CC2)nn1. The number of nitrogens with one attached hydrogen (secondary N) is 1. The Kier molecular flexibility index (Phi) is 4.10. The van der Waals surface area contributed by atoms with Crippen molar-refractivity contribution in [3.63, 3.8) is 0 Å². The zero-order valence-corrected chi connectivity index (χ0v) is 12.5. The van der Waals surface area contributed by atoms with Gasteiger partial charge < -0.3 is 10.1 Å². The van der Waals surface area contributed by atoms with Crippen molar-refractivity contribution in [1.82, 2.24) is 20.5 Å². The smallest absolute Gasteiger partial charge is 0.238 e. The molecule has 1 saturated carbocycles. The standard InChI is InChI=1S/C16H20N4O/c1-3-14-15(8-4-11(2)18-14)21-16-9-7-13(19-20-16)10-17-12-5-6-12/h4,7-9,12,17H,3,5-6,10H2,1-2H3. The molecule has 0 radical (unpaired) electrons. The largest absolute Gasteiger partial charge is 0.436 e. The fourth-order valence-corrected chi connectivity index (χ4v) is 2.09. The summed E-state index contributed by atoms with van der Waals surface area (Å²) in [5.74, 6) is 1.26. The Bertz CT molecular complexity index is 608. The highest BCUT2D eigenvalue weighted by Crippen LogP contribution is 2.23. The van der Waals surface area contributed by atoms with E-state index in [-0.39, 0.29) is 0 Å². The number of pyridine rings is 1. The molecule has 0 saturated heterocycles. The summed E-state index contributed by atoms with van der Waals surface area (Å²) in [6.07, 6.45) is 3.37. The number of rotatable bonds is 6. The third-order valence-corrected chi connectivity index (χ3v) is 3.47. The van der Waals surface area contributed by atoms with E-state index in [1.54, 1.807) is 0 Å². The van der Waals surface area contributed by atoms with Gasteiger partial charge in [-0.25, -0.2) is 0 Å². The first-order chi connectivity index (χ1) is 10.2. The zero-order chi connectivity index (χ0) is 14.7. The van der Waals surface area contributed by atoms with Gasteiger partial charge in [0.25, 0.3) is 0 Å². The Labute approximate surface area is 124 Å². The average molecular weight is 284 g/mol. The van der Waals surface area contributed by atoms with Crippen molar-refractivity contribution in [1.29, 1.82) is 0 Å². The van der Waals surface area contributed by atoms with Gasteiger partial charge in [0.05, 0.1) is 11.4 Å². The molecule has 1 fully saturated rings. The molecule has 0 atom stereocenters. The first kappa shape index (κ1) is 13.9. The minimum atomic E-state index is 0.505.